The molecule has 2 heterocycles. The Hall–Kier alpha value is -0.0400. The molecule has 0 radical (unpaired) electrons. The van der Waals surface area contributed by atoms with Crippen LogP contribution in [0.1, 0.15) is 39.0 Å². The first kappa shape index (κ1) is 17.0. The van der Waals surface area contributed by atoms with Gasteiger partial charge in [-0.05, 0) is 38.3 Å². The first-order valence-electron chi connectivity index (χ1n) is 7.57. The topological polar surface area (TPSA) is 44.9 Å². The molecule has 1 unspecified atom stereocenters. The van der Waals surface area contributed by atoms with E-state index in [1.807, 2.05) is 0 Å². The van der Waals surface area contributed by atoms with Crippen LogP contribution in [-0.4, -0.2) is 55.0 Å². The summed E-state index contributed by atoms with van der Waals surface area (Å²) >= 11 is 0. The Labute approximate surface area is 134 Å². The lowest BCUT2D eigenvalue weighted by atomic mass is 10.1. The van der Waals surface area contributed by atoms with Crippen molar-refractivity contribution in [3.63, 3.8) is 0 Å². The summed E-state index contributed by atoms with van der Waals surface area (Å²) in [6.45, 7) is 8.95. The SMILES string of the molecule is CCN1CCC(CN=C(N)N2CCCCCC2)C1.I. The van der Waals surface area contributed by atoms with Gasteiger partial charge in [-0.3, -0.25) is 4.99 Å². The number of hydrogen-bond donors (Lipinski definition) is 1. The molecule has 0 bridgehead atoms. The molecule has 2 aliphatic heterocycles. The third-order valence-electron chi connectivity index (χ3n) is 4.26. The van der Waals surface area contributed by atoms with Gasteiger partial charge < -0.3 is 15.5 Å². The second-order valence-electron chi connectivity index (χ2n) is 5.65. The maximum absolute atomic E-state index is 6.13. The fourth-order valence-electron chi connectivity index (χ4n) is 2.97. The molecule has 5 heteroatoms. The van der Waals surface area contributed by atoms with Crippen LogP contribution in [0.4, 0.5) is 0 Å². The molecule has 0 aliphatic carbocycles. The fourth-order valence-corrected chi connectivity index (χ4v) is 2.97. The van der Waals surface area contributed by atoms with E-state index in [4.69, 9.17) is 5.73 Å². The molecule has 2 rings (SSSR count). The number of likely N-dealkylation sites (tertiary alicyclic amines) is 2. The Morgan fingerprint density at radius 1 is 1.16 bits per heavy atom. The van der Waals surface area contributed by atoms with Crippen LogP contribution in [0, 0.1) is 5.92 Å². The zero-order valence-corrected chi connectivity index (χ0v) is 14.5. The molecule has 0 aromatic carbocycles. The van der Waals surface area contributed by atoms with E-state index in [-0.39, 0.29) is 24.0 Å². The van der Waals surface area contributed by atoms with Crippen molar-refractivity contribution in [2.75, 3.05) is 39.3 Å². The number of nitrogens with two attached hydrogens (primary N) is 1. The summed E-state index contributed by atoms with van der Waals surface area (Å²) in [5.41, 5.74) is 6.13. The minimum absolute atomic E-state index is 0. The van der Waals surface area contributed by atoms with E-state index in [9.17, 15) is 0 Å². The van der Waals surface area contributed by atoms with Crippen molar-refractivity contribution < 1.29 is 0 Å². The molecule has 2 saturated heterocycles. The molecule has 2 aliphatic rings. The predicted octanol–water partition coefficient (Wildman–Crippen LogP) is 2.14. The van der Waals surface area contributed by atoms with Crippen LogP contribution in [-0.2, 0) is 0 Å². The normalized spacial score (nSPS) is 26.1. The van der Waals surface area contributed by atoms with Crippen molar-refractivity contribution in [2.45, 2.75) is 39.0 Å². The van der Waals surface area contributed by atoms with Gasteiger partial charge in [0, 0.05) is 26.2 Å². The maximum atomic E-state index is 6.13. The summed E-state index contributed by atoms with van der Waals surface area (Å²) in [4.78, 5) is 9.41. The van der Waals surface area contributed by atoms with Gasteiger partial charge in [-0.25, -0.2) is 0 Å². The minimum atomic E-state index is 0. The van der Waals surface area contributed by atoms with E-state index in [2.05, 4.69) is 21.7 Å². The quantitative estimate of drug-likeness (QED) is 0.464. The number of hydrogen-bond acceptors (Lipinski definition) is 2. The third-order valence-corrected chi connectivity index (χ3v) is 4.26. The van der Waals surface area contributed by atoms with Crippen LogP contribution in [0.2, 0.25) is 0 Å². The second kappa shape index (κ2) is 9.00. The Balaban J connectivity index is 0.00000180. The number of halogens is 1. The van der Waals surface area contributed by atoms with Gasteiger partial charge in [0.05, 0.1) is 0 Å². The summed E-state index contributed by atoms with van der Waals surface area (Å²) in [7, 11) is 0. The molecule has 0 spiro atoms. The van der Waals surface area contributed by atoms with E-state index in [0.29, 0.717) is 0 Å². The smallest absolute Gasteiger partial charge is 0.191 e. The van der Waals surface area contributed by atoms with E-state index in [0.717, 1.165) is 31.5 Å². The lowest BCUT2D eigenvalue weighted by Crippen LogP contribution is -2.38. The summed E-state index contributed by atoms with van der Waals surface area (Å²) in [5, 5.41) is 0. The summed E-state index contributed by atoms with van der Waals surface area (Å²) < 4.78 is 0. The van der Waals surface area contributed by atoms with Gasteiger partial charge in [0.15, 0.2) is 5.96 Å². The molecule has 112 valence electrons. The second-order valence-corrected chi connectivity index (χ2v) is 5.65. The van der Waals surface area contributed by atoms with Crippen LogP contribution in [0.15, 0.2) is 4.99 Å². The fraction of sp³-hybridized carbons (Fsp3) is 0.929. The van der Waals surface area contributed by atoms with Crippen molar-refractivity contribution in [2.24, 2.45) is 16.6 Å². The van der Waals surface area contributed by atoms with Crippen molar-refractivity contribution in [3.05, 3.63) is 0 Å². The highest BCUT2D eigenvalue weighted by Gasteiger charge is 2.21. The maximum Gasteiger partial charge on any atom is 0.191 e. The number of guanidine groups is 1. The van der Waals surface area contributed by atoms with Crippen molar-refractivity contribution in [1.82, 2.24) is 9.80 Å². The molecule has 0 aromatic heterocycles. The van der Waals surface area contributed by atoms with E-state index < -0.39 is 0 Å². The zero-order valence-electron chi connectivity index (χ0n) is 12.2. The summed E-state index contributed by atoms with van der Waals surface area (Å²) in [6, 6.07) is 0. The molecule has 2 N–H and O–H groups in total. The average molecular weight is 380 g/mol. The van der Waals surface area contributed by atoms with Gasteiger partial charge in [-0.2, -0.15) is 0 Å². The van der Waals surface area contributed by atoms with Crippen LogP contribution in [0.5, 0.6) is 0 Å². The van der Waals surface area contributed by atoms with Crippen LogP contribution in [0.25, 0.3) is 0 Å². The van der Waals surface area contributed by atoms with E-state index in [1.165, 1.54) is 51.7 Å². The predicted molar refractivity (Wildman–Crippen MR) is 92.2 cm³/mol. The first-order valence-corrected chi connectivity index (χ1v) is 7.57. The lowest BCUT2D eigenvalue weighted by molar-refractivity contribution is 0.343. The number of aliphatic imine (C=N–C) groups is 1. The molecule has 1 atom stereocenters. The van der Waals surface area contributed by atoms with Crippen LogP contribution < -0.4 is 5.73 Å². The lowest BCUT2D eigenvalue weighted by Gasteiger charge is -2.21. The van der Waals surface area contributed by atoms with Gasteiger partial charge in [-0.1, -0.05) is 19.8 Å². The Morgan fingerprint density at radius 2 is 1.84 bits per heavy atom. The minimum Gasteiger partial charge on any atom is -0.370 e. The third kappa shape index (κ3) is 5.45. The van der Waals surface area contributed by atoms with Gasteiger partial charge in [0.25, 0.3) is 0 Å². The molecule has 19 heavy (non-hydrogen) atoms. The number of nitrogens with zero attached hydrogens (tertiary/aromatic N) is 3. The molecule has 0 amide bonds. The largest absolute Gasteiger partial charge is 0.370 e. The van der Waals surface area contributed by atoms with Gasteiger partial charge in [0.2, 0.25) is 0 Å². The highest BCUT2D eigenvalue weighted by molar-refractivity contribution is 14.0. The molecule has 4 nitrogen and oxygen atoms in total. The monoisotopic (exact) mass is 380 g/mol. The molecule has 0 saturated carbocycles. The molecular weight excluding hydrogens is 351 g/mol. The first-order chi connectivity index (χ1) is 8.79. The highest BCUT2D eigenvalue weighted by atomic mass is 127. The standard InChI is InChI=1S/C14H28N4.HI/c1-2-17-10-7-13(12-17)11-16-14(15)18-8-5-3-4-6-9-18;/h13H,2-12H2,1H3,(H2,15,16);1H. The van der Waals surface area contributed by atoms with Crippen LogP contribution in [0.3, 0.4) is 0 Å². The van der Waals surface area contributed by atoms with Gasteiger partial charge in [0.1, 0.15) is 0 Å². The van der Waals surface area contributed by atoms with Gasteiger partial charge >= 0.3 is 0 Å². The molecular formula is C14H29IN4. The Kier molecular flexibility index (Phi) is 8.06. The Morgan fingerprint density at radius 3 is 2.42 bits per heavy atom. The van der Waals surface area contributed by atoms with Crippen molar-refractivity contribution in [1.29, 1.82) is 0 Å². The van der Waals surface area contributed by atoms with Crippen molar-refractivity contribution in [3.8, 4) is 0 Å². The number of rotatable bonds is 3. The molecule has 0 aromatic rings. The summed E-state index contributed by atoms with van der Waals surface area (Å²) in [6.07, 6.45) is 6.51. The Bertz CT molecular complexity index is 275. The highest BCUT2D eigenvalue weighted by Crippen LogP contribution is 2.16. The average Bonchev–Trinajstić information content (AvgIpc) is 2.68. The van der Waals surface area contributed by atoms with Crippen molar-refractivity contribution >= 4 is 29.9 Å². The van der Waals surface area contributed by atoms with E-state index in [1.54, 1.807) is 0 Å². The zero-order chi connectivity index (χ0) is 12.8. The van der Waals surface area contributed by atoms with E-state index >= 15 is 0 Å². The van der Waals surface area contributed by atoms with Crippen LogP contribution >= 0.6 is 24.0 Å². The molecule has 2 fully saturated rings. The summed E-state index contributed by atoms with van der Waals surface area (Å²) in [5.74, 6) is 1.50. The van der Waals surface area contributed by atoms with Gasteiger partial charge in [-0.15, -0.1) is 24.0 Å².